The Morgan fingerprint density at radius 1 is 1.35 bits per heavy atom. The second-order valence-corrected chi connectivity index (χ2v) is 7.32. The number of nitrogens with zero attached hydrogens (tertiary/aromatic N) is 4. The van der Waals surface area contributed by atoms with Crippen molar-refractivity contribution in [1.82, 2.24) is 19.0 Å². The van der Waals surface area contributed by atoms with E-state index in [4.69, 9.17) is 4.74 Å². The van der Waals surface area contributed by atoms with Gasteiger partial charge in [-0.25, -0.2) is 8.42 Å². The normalized spacial score (nSPS) is 25.6. The second kappa shape index (κ2) is 5.10. The lowest BCUT2D eigenvalue weighted by molar-refractivity contribution is 0.0729. The highest BCUT2D eigenvalue weighted by atomic mass is 32.2. The van der Waals surface area contributed by atoms with Crippen molar-refractivity contribution >= 4 is 10.0 Å². The predicted octanol–water partition coefficient (Wildman–Crippen LogP) is -0.262. The van der Waals surface area contributed by atoms with Gasteiger partial charge in [0, 0.05) is 25.7 Å². The molecule has 7 nitrogen and oxygen atoms in total. The molecule has 0 aromatic carbocycles. The summed E-state index contributed by atoms with van der Waals surface area (Å²) in [6.07, 6.45) is 1.49. The molecule has 0 amide bonds. The van der Waals surface area contributed by atoms with E-state index in [1.165, 1.54) is 10.5 Å². The van der Waals surface area contributed by atoms with Crippen molar-refractivity contribution in [2.75, 3.05) is 33.4 Å². The highest BCUT2D eigenvalue weighted by Crippen LogP contribution is 2.25. The van der Waals surface area contributed by atoms with Gasteiger partial charge in [0.1, 0.15) is 4.90 Å². The van der Waals surface area contributed by atoms with Crippen molar-refractivity contribution in [2.24, 2.45) is 0 Å². The average Bonchev–Trinajstić information content (AvgIpc) is 2.84. The first kappa shape index (κ1) is 14.0. The van der Waals surface area contributed by atoms with Crippen LogP contribution in [0.1, 0.15) is 12.6 Å². The lowest BCUT2D eigenvalue weighted by atomic mass is 10.2. The van der Waals surface area contributed by atoms with E-state index in [0.717, 1.165) is 12.2 Å². The molecule has 3 heterocycles. The minimum atomic E-state index is -3.46. The standard InChI is InChI=1S/C12H20N4O3S/c1-10-8-16-11(9-14(10)2)12(7-13-16)20(17,18)15-3-5-19-6-4-15/h7,10H,3-6,8-9H2,1-2H3/t10-/m0/s1. The van der Waals surface area contributed by atoms with Gasteiger partial charge >= 0.3 is 0 Å². The second-order valence-electron chi connectivity index (χ2n) is 5.42. The summed E-state index contributed by atoms with van der Waals surface area (Å²) in [5.41, 5.74) is 0.789. The Morgan fingerprint density at radius 3 is 2.75 bits per heavy atom. The van der Waals surface area contributed by atoms with E-state index in [2.05, 4.69) is 16.9 Å². The van der Waals surface area contributed by atoms with Gasteiger partial charge in [0.05, 0.1) is 31.6 Å². The van der Waals surface area contributed by atoms with E-state index in [0.29, 0.717) is 43.8 Å². The SMILES string of the molecule is C[C@H]1Cn2ncc(S(=O)(=O)N3CCOCC3)c2CN1C. The zero-order valence-electron chi connectivity index (χ0n) is 11.8. The van der Waals surface area contributed by atoms with Crippen LogP contribution in [0.3, 0.4) is 0 Å². The van der Waals surface area contributed by atoms with Crippen LogP contribution in [0, 0.1) is 0 Å². The van der Waals surface area contributed by atoms with Crippen LogP contribution in [0.2, 0.25) is 0 Å². The molecule has 1 atom stereocenters. The third-order valence-corrected chi connectivity index (χ3v) is 6.03. The van der Waals surface area contributed by atoms with E-state index in [9.17, 15) is 8.42 Å². The number of fused-ring (bicyclic) bond motifs is 1. The fourth-order valence-electron chi connectivity index (χ4n) is 2.63. The Kier molecular flexibility index (Phi) is 3.57. The highest BCUT2D eigenvalue weighted by Gasteiger charge is 2.33. The van der Waals surface area contributed by atoms with Crippen LogP contribution in [0.5, 0.6) is 0 Å². The van der Waals surface area contributed by atoms with Crippen molar-refractivity contribution < 1.29 is 13.2 Å². The van der Waals surface area contributed by atoms with E-state index < -0.39 is 10.0 Å². The minimum Gasteiger partial charge on any atom is -0.379 e. The number of ether oxygens (including phenoxy) is 1. The van der Waals surface area contributed by atoms with Gasteiger partial charge in [-0.3, -0.25) is 9.58 Å². The summed E-state index contributed by atoms with van der Waals surface area (Å²) >= 11 is 0. The zero-order chi connectivity index (χ0) is 14.3. The summed E-state index contributed by atoms with van der Waals surface area (Å²) in [5.74, 6) is 0. The maximum Gasteiger partial charge on any atom is 0.246 e. The molecule has 2 aliphatic rings. The molecule has 1 fully saturated rings. The van der Waals surface area contributed by atoms with Gasteiger partial charge in [-0.2, -0.15) is 9.40 Å². The Hall–Kier alpha value is -0.960. The Bertz CT molecular complexity index is 592. The van der Waals surface area contributed by atoms with Crippen molar-refractivity contribution in [3.63, 3.8) is 0 Å². The average molecular weight is 300 g/mol. The number of hydrogen-bond acceptors (Lipinski definition) is 5. The van der Waals surface area contributed by atoms with E-state index >= 15 is 0 Å². The molecule has 0 radical (unpaired) electrons. The monoisotopic (exact) mass is 300 g/mol. The third-order valence-electron chi connectivity index (χ3n) is 4.09. The van der Waals surface area contributed by atoms with Gasteiger partial charge in [-0.15, -0.1) is 0 Å². The summed E-state index contributed by atoms with van der Waals surface area (Å²) < 4.78 is 33.9. The maximum absolute atomic E-state index is 12.7. The van der Waals surface area contributed by atoms with Crippen molar-refractivity contribution in [1.29, 1.82) is 0 Å². The van der Waals surface area contributed by atoms with Gasteiger partial charge in [0.15, 0.2) is 0 Å². The molecule has 0 unspecified atom stereocenters. The summed E-state index contributed by atoms with van der Waals surface area (Å²) in [7, 11) is -1.45. The molecule has 2 aliphatic heterocycles. The lowest BCUT2D eigenvalue weighted by Crippen LogP contribution is -2.42. The van der Waals surface area contributed by atoms with Crippen LogP contribution in [-0.4, -0.2) is 66.8 Å². The Morgan fingerprint density at radius 2 is 2.05 bits per heavy atom. The third kappa shape index (κ3) is 2.26. The van der Waals surface area contributed by atoms with E-state index in [1.54, 1.807) is 0 Å². The molecule has 0 bridgehead atoms. The molecule has 0 spiro atoms. The van der Waals surface area contributed by atoms with Gasteiger partial charge in [-0.1, -0.05) is 0 Å². The number of hydrogen-bond donors (Lipinski definition) is 0. The minimum absolute atomic E-state index is 0.346. The number of rotatable bonds is 2. The van der Waals surface area contributed by atoms with E-state index in [1.807, 2.05) is 11.7 Å². The summed E-state index contributed by atoms with van der Waals surface area (Å²) in [5, 5.41) is 4.26. The molecule has 0 N–H and O–H groups in total. The van der Waals surface area contributed by atoms with Crippen molar-refractivity contribution in [3.8, 4) is 0 Å². The quantitative estimate of drug-likeness (QED) is 0.753. The molecule has 8 heteroatoms. The molecular formula is C12H20N4O3S. The maximum atomic E-state index is 12.7. The highest BCUT2D eigenvalue weighted by molar-refractivity contribution is 7.89. The molecule has 1 aromatic rings. The first-order valence-electron chi connectivity index (χ1n) is 6.83. The van der Waals surface area contributed by atoms with Crippen LogP contribution in [-0.2, 0) is 27.8 Å². The van der Waals surface area contributed by atoms with Crippen molar-refractivity contribution in [3.05, 3.63) is 11.9 Å². The molecule has 3 rings (SSSR count). The van der Waals surface area contributed by atoms with Gasteiger partial charge in [0.25, 0.3) is 0 Å². The summed E-state index contributed by atoms with van der Waals surface area (Å²) in [4.78, 5) is 2.49. The Balaban J connectivity index is 1.95. The van der Waals surface area contributed by atoms with E-state index in [-0.39, 0.29) is 0 Å². The zero-order valence-corrected chi connectivity index (χ0v) is 12.6. The Labute approximate surface area is 119 Å². The lowest BCUT2D eigenvalue weighted by Gasteiger charge is -2.31. The van der Waals surface area contributed by atoms with Crippen LogP contribution in [0.4, 0.5) is 0 Å². The van der Waals surface area contributed by atoms with Crippen LogP contribution < -0.4 is 0 Å². The largest absolute Gasteiger partial charge is 0.379 e. The molecule has 1 aromatic heterocycles. The van der Waals surface area contributed by atoms with Crippen molar-refractivity contribution in [2.45, 2.75) is 31.0 Å². The number of morpholine rings is 1. The molecule has 0 saturated carbocycles. The predicted molar refractivity (Wildman–Crippen MR) is 72.7 cm³/mol. The first-order chi connectivity index (χ1) is 9.50. The molecule has 0 aliphatic carbocycles. The van der Waals surface area contributed by atoms with Crippen LogP contribution in [0.25, 0.3) is 0 Å². The fraction of sp³-hybridized carbons (Fsp3) is 0.750. The topological polar surface area (TPSA) is 67.7 Å². The van der Waals surface area contributed by atoms with Crippen LogP contribution in [0.15, 0.2) is 11.1 Å². The molecule has 1 saturated heterocycles. The van der Waals surface area contributed by atoms with Crippen LogP contribution >= 0.6 is 0 Å². The smallest absolute Gasteiger partial charge is 0.246 e. The number of sulfonamides is 1. The number of aromatic nitrogens is 2. The fourth-order valence-corrected chi connectivity index (χ4v) is 4.19. The molecule has 20 heavy (non-hydrogen) atoms. The van der Waals surface area contributed by atoms with Gasteiger partial charge in [0.2, 0.25) is 10.0 Å². The summed E-state index contributed by atoms with van der Waals surface area (Å²) in [6.45, 7) is 5.20. The van der Waals surface area contributed by atoms with Gasteiger partial charge < -0.3 is 4.74 Å². The summed E-state index contributed by atoms with van der Waals surface area (Å²) in [6, 6.07) is 0.362. The molecular weight excluding hydrogens is 280 g/mol. The first-order valence-corrected chi connectivity index (χ1v) is 8.27. The van der Waals surface area contributed by atoms with Gasteiger partial charge in [-0.05, 0) is 14.0 Å². The molecule has 112 valence electrons. The number of likely N-dealkylation sites (N-methyl/N-ethyl adjacent to an activating group) is 1.